The van der Waals surface area contributed by atoms with Crippen LogP contribution in [-0.4, -0.2) is 29.4 Å². The first kappa shape index (κ1) is 16.5. The Morgan fingerprint density at radius 1 is 1.23 bits per heavy atom. The van der Waals surface area contributed by atoms with Crippen molar-refractivity contribution in [3.8, 4) is 23.1 Å². The lowest BCUT2D eigenvalue weighted by Gasteiger charge is -2.11. The zero-order chi connectivity index (χ0) is 17.9. The number of aromatic nitrogens is 2. The fourth-order valence-corrected chi connectivity index (χ4v) is 2.64. The van der Waals surface area contributed by atoms with E-state index in [4.69, 9.17) is 34.6 Å². The van der Waals surface area contributed by atoms with E-state index in [1.54, 1.807) is 12.1 Å². The Bertz CT molecular complexity index is 921. The molecule has 2 aromatic heterocycles. The Labute approximate surface area is 152 Å². The van der Waals surface area contributed by atoms with Gasteiger partial charge in [0.15, 0.2) is 23.9 Å². The van der Waals surface area contributed by atoms with Gasteiger partial charge in [-0.1, -0.05) is 11.6 Å². The van der Waals surface area contributed by atoms with Crippen molar-refractivity contribution >= 4 is 17.6 Å². The third kappa shape index (κ3) is 3.36. The average Bonchev–Trinajstić information content (AvgIpc) is 3.27. The Kier molecular flexibility index (Phi) is 4.49. The van der Waals surface area contributed by atoms with Gasteiger partial charge in [0, 0.05) is 6.42 Å². The summed E-state index contributed by atoms with van der Waals surface area (Å²) in [6.45, 7) is 0.809. The minimum Gasteiger partial charge on any atom is -0.489 e. The summed E-state index contributed by atoms with van der Waals surface area (Å²) in [6, 6.07) is 6.40. The number of rotatable bonds is 4. The van der Waals surface area contributed by atoms with Crippen LogP contribution >= 0.6 is 11.6 Å². The van der Waals surface area contributed by atoms with E-state index in [9.17, 15) is 4.79 Å². The molecule has 0 saturated carbocycles. The van der Waals surface area contributed by atoms with Crippen molar-refractivity contribution in [2.45, 2.75) is 13.0 Å². The topological polar surface area (TPSA) is 96.8 Å². The molecule has 0 spiro atoms. The zero-order valence-electron chi connectivity index (χ0n) is 13.4. The number of carbonyl (C=O) groups excluding carboxylic acids is 1. The first-order valence-electron chi connectivity index (χ1n) is 7.83. The summed E-state index contributed by atoms with van der Waals surface area (Å²) in [5, 5.41) is 7.93. The molecule has 0 atom stereocenters. The molecule has 4 rings (SSSR count). The van der Waals surface area contributed by atoms with Gasteiger partial charge in [-0.25, -0.2) is 4.79 Å². The molecule has 0 unspecified atom stereocenters. The fourth-order valence-electron chi connectivity index (χ4n) is 2.37. The molecule has 1 aliphatic rings. The highest BCUT2D eigenvalue weighted by molar-refractivity contribution is 6.32. The molecule has 1 aromatic carbocycles. The predicted molar refractivity (Wildman–Crippen MR) is 88.2 cm³/mol. The zero-order valence-corrected chi connectivity index (χ0v) is 14.2. The number of ether oxygens (including phenoxy) is 3. The van der Waals surface area contributed by atoms with Crippen LogP contribution in [0.1, 0.15) is 22.7 Å². The SMILES string of the molecule is O=C(OCc1nnc(-c2ccco2)o1)c1cc(Cl)c2c(c1)OCCCO2. The van der Waals surface area contributed by atoms with Crippen LogP contribution in [0.4, 0.5) is 0 Å². The highest BCUT2D eigenvalue weighted by Crippen LogP contribution is 2.38. The summed E-state index contributed by atoms with van der Waals surface area (Å²) in [7, 11) is 0. The monoisotopic (exact) mass is 376 g/mol. The number of hydrogen-bond donors (Lipinski definition) is 0. The van der Waals surface area contributed by atoms with Crippen molar-refractivity contribution < 1.29 is 27.8 Å². The van der Waals surface area contributed by atoms with E-state index in [0.717, 1.165) is 6.42 Å². The lowest BCUT2D eigenvalue weighted by Crippen LogP contribution is -2.06. The summed E-state index contributed by atoms with van der Waals surface area (Å²) < 4.78 is 26.8. The van der Waals surface area contributed by atoms with Crippen LogP contribution in [0.5, 0.6) is 11.5 Å². The molecule has 3 heterocycles. The lowest BCUT2D eigenvalue weighted by atomic mass is 10.2. The molecule has 0 fully saturated rings. The van der Waals surface area contributed by atoms with Gasteiger partial charge in [-0.2, -0.15) is 0 Å². The van der Waals surface area contributed by atoms with Gasteiger partial charge in [0.1, 0.15) is 0 Å². The molecule has 0 aliphatic carbocycles. The normalized spacial score (nSPS) is 13.3. The van der Waals surface area contributed by atoms with E-state index >= 15 is 0 Å². The molecule has 0 radical (unpaired) electrons. The van der Waals surface area contributed by atoms with E-state index in [-0.39, 0.29) is 29.0 Å². The van der Waals surface area contributed by atoms with Crippen LogP contribution in [-0.2, 0) is 11.3 Å². The average molecular weight is 377 g/mol. The standard InChI is InChI=1S/C17H13ClN2O6/c18-11-7-10(8-13-15(11)24-6-2-5-23-13)17(21)25-9-14-19-20-16(26-14)12-3-1-4-22-12/h1,3-4,7-8H,2,5-6,9H2. The van der Waals surface area contributed by atoms with Crippen LogP contribution in [0.25, 0.3) is 11.7 Å². The number of benzene rings is 1. The number of fused-ring (bicyclic) bond motifs is 1. The third-order valence-corrected chi connectivity index (χ3v) is 3.84. The van der Waals surface area contributed by atoms with Crippen LogP contribution in [0, 0.1) is 0 Å². The van der Waals surface area contributed by atoms with Gasteiger partial charge >= 0.3 is 5.97 Å². The molecule has 26 heavy (non-hydrogen) atoms. The van der Waals surface area contributed by atoms with E-state index in [0.29, 0.717) is 30.5 Å². The van der Waals surface area contributed by atoms with E-state index in [1.165, 1.54) is 18.4 Å². The van der Waals surface area contributed by atoms with Crippen LogP contribution in [0.3, 0.4) is 0 Å². The van der Waals surface area contributed by atoms with Gasteiger partial charge in [-0.05, 0) is 24.3 Å². The summed E-state index contributed by atoms with van der Waals surface area (Å²) in [5.74, 6) is 1.04. The molecule has 0 bridgehead atoms. The largest absolute Gasteiger partial charge is 0.489 e. The van der Waals surface area contributed by atoms with E-state index < -0.39 is 5.97 Å². The molecule has 0 saturated heterocycles. The quantitative estimate of drug-likeness (QED) is 0.638. The molecular weight excluding hydrogens is 364 g/mol. The number of carbonyl (C=O) groups is 1. The first-order chi connectivity index (χ1) is 12.7. The third-order valence-electron chi connectivity index (χ3n) is 3.56. The summed E-state index contributed by atoms with van der Waals surface area (Å²) in [6.07, 6.45) is 2.23. The first-order valence-corrected chi connectivity index (χ1v) is 8.21. The number of nitrogens with zero attached hydrogens (tertiary/aromatic N) is 2. The molecular formula is C17H13ClN2O6. The second-order valence-electron chi connectivity index (χ2n) is 5.39. The Morgan fingerprint density at radius 3 is 2.96 bits per heavy atom. The van der Waals surface area contributed by atoms with Gasteiger partial charge in [0.05, 0.1) is 30.1 Å². The molecule has 0 N–H and O–H groups in total. The maximum absolute atomic E-state index is 12.3. The minimum atomic E-state index is -0.597. The Hall–Kier alpha value is -3.00. The molecule has 3 aromatic rings. The molecule has 8 nitrogen and oxygen atoms in total. The van der Waals surface area contributed by atoms with Gasteiger partial charge < -0.3 is 23.0 Å². The predicted octanol–water partition coefficient (Wildman–Crippen LogP) is 3.50. The van der Waals surface area contributed by atoms with Crippen LogP contribution in [0.15, 0.2) is 39.4 Å². The van der Waals surface area contributed by atoms with Gasteiger partial charge in [-0.15, -0.1) is 10.2 Å². The maximum atomic E-state index is 12.3. The molecule has 9 heteroatoms. The summed E-state index contributed by atoms with van der Waals surface area (Å²) >= 11 is 6.18. The highest BCUT2D eigenvalue weighted by Gasteiger charge is 2.20. The number of furan rings is 1. The van der Waals surface area contributed by atoms with Crippen LogP contribution < -0.4 is 9.47 Å². The summed E-state index contributed by atoms with van der Waals surface area (Å²) in [5.41, 5.74) is 0.241. The van der Waals surface area contributed by atoms with Crippen molar-refractivity contribution in [1.82, 2.24) is 10.2 Å². The second-order valence-corrected chi connectivity index (χ2v) is 5.80. The van der Waals surface area contributed by atoms with Crippen molar-refractivity contribution in [2.75, 3.05) is 13.2 Å². The molecule has 1 aliphatic heterocycles. The number of hydrogen-bond acceptors (Lipinski definition) is 8. The minimum absolute atomic E-state index is 0.144. The van der Waals surface area contributed by atoms with Crippen molar-refractivity contribution in [2.24, 2.45) is 0 Å². The highest BCUT2D eigenvalue weighted by atomic mass is 35.5. The summed E-state index contributed by atoms with van der Waals surface area (Å²) in [4.78, 5) is 12.3. The van der Waals surface area contributed by atoms with Crippen molar-refractivity contribution in [1.29, 1.82) is 0 Å². The Morgan fingerprint density at radius 2 is 2.12 bits per heavy atom. The van der Waals surface area contributed by atoms with Crippen LogP contribution in [0.2, 0.25) is 5.02 Å². The lowest BCUT2D eigenvalue weighted by molar-refractivity contribution is 0.0438. The number of halogens is 1. The second kappa shape index (κ2) is 7.09. The number of esters is 1. The smallest absolute Gasteiger partial charge is 0.338 e. The van der Waals surface area contributed by atoms with Gasteiger partial charge in [-0.3, -0.25) is 0 Å². The molecule has 0 amide bonds. The van der Waals surface area contributed by atoms with Gasteiger partial charge in [0.25, 0.3) is 11.8 Å². The van der Waals surface area contributed by atoms with Gasteiger partial charge in [0.2, 0.25) is 0 Å². The Balaban J connectivity index is 1.45. The maximum Gasteiger partial charge on any atom is 0.338 e. The van der Waals surface area contributed by atoms with E-state index in [1.807, 2.05) is 0 Å². The molecule has 134 valence electrons. The van der Waals surface area contributed by atoms with E-state index in [2.05, 4.69) is 10.2 Å². The van der Waals surface area contributed by atoms with Crippen molar-refractivity contribution in [3.05, 3.63) is 47.0 Å². The van der Waals surface area contributed by atoms with Crippen molar-refractivity contribution in [3.63, 3.8) is 0 Å². The fraction of sp³-hybridized carbons (Fsp3) is 0.235.